The molecule has 0 aromatic carbocycles. The van der Waals surface area contributed by atoms with Gasteiger partial charge in [0.1, 0.15) is 0 Å². The summed E-state index contributed by atoms with van der Waals surface area (Å²) < 4.78 is 0. The normalized spacial score (nSPS) is 31.7. The lowest BCUT2D eigenvalue weighted by Crippen LogP contribution is -2.58. The van der Waals surface area contributed by atoms with Crippen molar-refractivity contribution in [3.05, 3.63) is 12.2 Å². The Balaban J connectivity index is 2.85. The Morgan fingerprint density at radius 1 is 1.27 bits per heavy atom. The molecular weight excluding hydrogens is 182 g/mol. The minimum Gasteiger partial charge on any atom is -0.291 e. The third kappa shape index (κ3) is 1.99. The van der Waals surface area contributed by atoms with Crippen LogP contribution in [0.1, 0.15) is 53.9 Å². The van der Waals surface area contributed by atoms with Crippen molar-refractivity contribution in [1.29, 1.82) is 0 Å². The maximum Gasteiger partial charge on any atom is 0.0453 e. The van der Waals surface area contributed by atoms with Crippen LogP contribution < -0.4 is 0 Å². The summed E-state index contributed by atoms with van der Waals surface area (Å²) >= 11 is 0. The van der Waals surface area contributed by atoms with Crippen molar-refractivity contribution in [3.63, 3.8) is 0 Å². The van der Waals surface area contributed by atoms with E-state index in [2.05, 4.69) is 51.7 Å². The molecule has 1 rings (SSSR count). The standard InChI is InChI=1S/C14H27N/c1-6-12(5)15(9-4)14(8-3)11-10-13(14)7-2/h10-13H,6-9H2,1-5H3. The molecule has 0 radical (unpaired) electrons. The molecule has 0 fully saturated rings. The van der Waals surface area contributed by atoms with Crippen LogP contribution in [0.4, 0.5) is 0 Å². The molecule has 1 aliphatic rings. The van der Waals surface area contributed by atoms with Crippen LogP contribution in [0, 0.1) is 5.92 Å². The van der Waals surface area contributed by atoms with E-state index in [0.717, 1.165) is 5.92 Å². The largest absolute Gasteiger partial charge is 0.291 e. The maximum absolute atomic E-state index is 2.70. The molecule has 15 heavy (non-hydrogen) atoms. The van der Waals surface area contributed by atoms with Crippen LogP contribution in [0.25, 0.3) is 0 Å². The van der Waals surface area contributed by atoms with E-state index in [1.165, 1.54) is 25.8 Å². The van der Waals surface area contributed by atoms with Gasteiger partial charge in [-0.2, -0.15) is 0 Å². The van der Waals surface area contributed by atoms with Gasteiger partial charge < -0.3 is 0 Å². The molecule has 0 bridgehead atoms. The van der Waals surface area contributed by atoms with Crippen molar-refractivity contribution < 1.29 is 0 Å². The van der Waals surface area contributed by atoms with Gasteiger partial charge in [-0.15, -0.1) is 0 Å². The molecule has 0 aliphatic heterocycles. The van der Waals surface area contributed by atoms with Crippen molar-refractivity contribution in [1.82, 2.24) is 4.90 Å². The number of nitrogens with zero attached hydrogens (tertiary/aromatic N) is 1. The summed E-state index contributed by atoms with van der Waals surface area (Å²) in [5, 5.41) is 0. The lowest BCUT2D eigenvalue weighted by atomic mass is 9.69. The van der Waals surface area contributed by atoms with Gasteiger partial charge in [-0.3, -0.25) is 4.90 Å². The van der Waals surface area contributed by atoms with E-state index in [1.54, 1.807) is 0 Å². The van der Waals surface area contributed by atoms with Gasteiger partial charge in [-0.1, -0.05) is 39.8 Å². The zero-order valence-corrected chi connectivity index (χ0v) is 11.1. The van der Waals surface area contributed by atoms with Crippen LogP contribution >= 0.6 is 0 Å². The number of hydrogen-bond donors (Lipinski definition) is 0. The lowest BCUT2D eigenvalue weighted by Gasteiger charge is -2.53. The molecule has 0 N–H and O–H groups in total. The van der Waals surface area contributed by atoms with E-state index in [9.17, 15) is 0 Å². The number of likely N-dealkylation sites (N-methyl/N-ethyl adjacent to an activating group) is 1. The van der Waals surface area contributed by atoms with Crippen LogP contribution in [-0.4, -0.2) is 23.0 Å². The van der Waals surface area contributed by atoms with Crippen LogP contribution in [0.5, 0.6) is 0 Å². The summed E-state index contributed by atoms with van der Waals surface area (Å²) in [5.41, 5.74) is 0.374. The van der Waals surface area contributed by atoms with Gasteiger partial charge in [0.05, 0.1) is 0 Å². The smallest absolute Gasteiger partial charge is 0.0453 e. The second-order valence-corrected chi connectivity index (χ2v) is 4.76. The minimum atomic E-state index is 0.374. The predicted octanol–water partition coefficient (Wildman–Crippen LogP) is 3.85. The van der Waals surface area contributed by atoms with Crippen LogP contribution in [-0.2, 0) is 0 Å². The van der Waals surface area contributed by atoms with E-state index in [1.807, 2.05) is 0 Å². The fourth-order valence-electron chi connectivity index (χ4n) is 3.07. The lowest BCUT2D eigenvalue weighted by molar-refractivity contribution is 0.0344. The fourth-order valence-corrected chi connectivity index (χ4v) is 3.07. The zero-order chi connectivity index (χ0) is 11.5. The molecule has 0 aromatic rings. The van der Waals surface area contributed by atoms with Gasteiger partial charge in [0.25, 0.3) is 0 Å². The van der Waals surface area contributed by atoms with E-state index in [0.29, 0.717) is 11.6 Å². The number of hydrogen-bond acceptors (Lipinski definition) is 1. The Bertz CT molecular complexity index is 221. The van der Waals surface area contributed by atoms with Crippen molar-refractivity contribution in [2.45, 2.75) is 65.5 Å². The van der Waals surface area contributed by atoms with Gasteiger partial charge in [0.2, 0.25) is 0 Å². The molecule has 0 saturated heterocycles. The van der Waals surface area contributed by atoms with Gasteiger partial charge in [-0.05, 0) is 38.6 Å². The monoisotopic (exact) mass is 209 g/mol. The topological polar surface area (TPSA) is 3.24 Å². The Morgan fingerprint density at radius 3 is 2.20 bits per heavy atom. The minimum absolute atomic E-state index is 0.374. The first kappa shape index (κ1) is 12.8. The first-order valence-corrected chi connectivity index (χ1v) is 6.62. The highest BCUT2D eigenvalue weighted by molar-refractivity contribution is 5.25. The molecule has 1 nitrogen and oxygen atoms in total. The summed E-state index contributed by atoms with van der Waals surface area (Å²) in [7, 11) is 0. The second-order valence-electron chi connectivity index (χ2n) is 4.76. The molecule has 0 heterocycles. The van der Waals surface area contributed by atoms with Gasteiger partial charge in [0.15, 0.2) is 0 Å². The molecule has 1 aliphatic carbocycles. The van der Waals surface area contributed by atoms with Crippen molar-refractivity contribution in [2.75, 3.05) is 6.54 Å². The maximum atomic E-state index is 2.70. The Hall–Kier alpha value is -0.300. The first-order chi connectivity index (χ1) is 7.16. The molecule has 88 valence electrons. The summed E-state index contributed by atoms with van der Waals surface area (Å²) in [4.78, 5) is 2.70. The zero-order valence-electron chi connectivity index (χ0n) is 11.1. The van der Waals surface area contributed by atoms with Crippen LogP contribution in [0.3, 0.4) is 0 Å². The SMILES string of the molecule is CCC(C)N(CC)C1(CC)C=CC1CC. The van der Waals surface area contributed by atoms with Crippen molar-refractivity contribution in [2.24, 2.45) is 5.92 Å². The average Bonchev–Trinajstić information content (AvgIpc) is 2.23. The molecule has 1 heteroatoms. The molecular formula is C14H27N. The average molecular weight is 209 g/mol. The molecule has 0 saturated carbocycles. The quantitative estimate of drug-likeness (QED) is 0.601. The van der Waals surface area contributed by atoms with E-state index < -0.39 is 0 Å². The highest BCUT2D eigenvalue weighted by atomic mass is 15.2. The molecule has 0 spiro atoms. The van der Waals surface area contributed by atoms with Crippen molar-refractivity contribution in [3.8, 4) is 0 Å². The fraction of sp³-hybridized carbons (Fsp3) is 0.857. The number of rotatable bonds is 6. The Kier molecular flexibility index (Phi) is 4.39. The van der Waals surface area contributed by atoms with Gasteiger partial charge in [0, 0.05) is 11.6 Å². The summed E-state index contributed by atoms with van der Waals surface area (Å²) in [6, 6.07) is 0.703. The Labute approximate surface area is 95.5 Å². The molecule has 0 aromatic heterocycles. The first-order valence-electron chi connectivity index (χ1n) is 6.62. The third-order valence-electron chi connectivity index (χ3n) is 4.26. The molecule has 0 amide bonds. The Morgan fingerprint density at radius 2 is 1.93 bits per heavy atom. The van der Waals surface area contributed by atoms with Crippen LogP contribution in [0.2, 0.25) is 0 Å². The van der Waals surface area contributed by atoms with E-state index in [-0.39, 0.29) is 0 Å². The molecule has 3 unspecified atom stereocenters. The highest BCUT2D eigenvalue weighted by Gasteiger charge is 2.44. The predicted molar refractivity (Wildman–Crippen MR) is 68.1 cm³/mol. The van der Waals surface area contributed by atoms with Gasteiger partial charge in [-0.25, -0.2) is 0 Å². The summed E-state index contributed by atoms with van der Waals surface area (Å²) in [5.74, 6) is 0.774. The van der Waals surface area contributed by atoms with Crippen LogP contribution in [0.15, 0.2) is 12.2 Å². The third-order valence-corrected chi connectivity index (χ3v) is 4.26. The van der Waals surface area contributed by atoms with E-state index in [4.69, 9.17) is 0 Å². The van der Waals surface area contributed by atoms with Gasteiger partial charge >= 0.3 is 0 Å². The van der Waals surface area contributed by atoms with Crippen molar-refractivity contribution >= 4 is 0 Å². The van der Waals surface area contributed by atoms with E-state index >= 15 is 0 Å². The summed E-state index contributed by atoms with van der Waals surface area (Å²) in [6.07, 6.45) is 8.61. The highest BCUT2D eigenvalue weighted by Crippen LogP contribution is 2.42. The summed E-state index contributed by atoms with van der Waals surface area (Å²) in [6.45, 7) is 12.8. The molecule has 3 atom stereocenters. The second kappa shape index (κ2) is 5.16.